The Bertz CT molecular complexity index is 838. The summed E-state index contributed by atoms with van der Waals surface area (Å²) in [6.07, 6.45) is 0. The van der Waals surface area contributed by atoms with E-state index in [0.29, 0.717) is 13.2 Å². The molecule has 0 amide bonds. The van der Waals surface area contributed by atoms with Crippen molar-refractivity contribution < 1.29 is 9.47 Å². The summed E-state index contributed by atoms with van der Waals surface area (Å²) in [6.45, 7) is 6.97. The second-order valence-corrected chi connectivity index (χ2v) is 10.8. The van der Waals surface area contributed by atoms with E-state index in [1.807, 2.05) is 36.4 Å². The van der Waals surface area contributed by atoms with Crippen molar-refractivity contribution in [1.29, 1.82) is 0 Å². The summed E-state index contributed by atoms with van der Waals surface area (Å²) in [5, 5.41) is 0. The van der Waals surface area contributed by atoms with Crippen LogP contribution in [0.5, 0.6) is 0 Å². The van der Waals surface area contributed by atoms with Crippen molar-refractivity contribution in [3.8, 4) is 0 Å². The van der Waals surface area contributed by atoms with E-state index in [1.165, 1.54) is 21.6 Å². The van der Waals surface area contributed by atoms with E-state index in [1.54, 1.807) is 0 Å². The summed E-state index contributed by atoms with van der Waals surface area (Å²) in [4.78, 5) is 4.30. The van der Waals surface area contributed by atoms with Crippen molar-refractivity contribution in [2.75, 3.05) is 26.3 Å². The van der Waals surface area contributed by atoms with Crippen molar-refractivity contribution in [2.45, 2.75) is 25.3 Å². The Hall–Kier alpha value is -1.16. The van der Waals surface area contributed by atoms with Crippen molar-refractivity contribution in [3.63, 3.8) is 0 Å². The third-order valence-corrected chi connectivity index (χ3v) is 9.25. The lowest BCUT2D eigenvalue weighted by atomic mass is 10.0. The first-order valence-electron chi connectivity index (χ1n) is 9.82. The third kappa shape index (κ3) is 4.13. The average Bonchev–Trinajstić information content (AvgIpc) is 3.37. The zero-order chi connectivity index (χ0) is 21.2. The topological polar surface area (TPSA) is 24.9 Å². The Morgan fingerprint density at radius 1 is 0.733 bits per heavy atom. The molecule has 30 heavy (non-hydrogen) atoms. The fourth-order valence-electron chi connectivity index (χ4n) is 3.92. The molecule has 2 aliphatic rings. The van der Waals surface area contributed by atoms with Crippen LogP contribution in [0.25, 0.3) is 0 Å². The molecule has 2 saturated heterocycles. The SMILES string of the molecule is CC1(c2ccccc2)OCCN1C(=S)SSC(=S)N1CCOC1(C)c1ccccc1. The third-order valence-electron chi connectivity index (χ3n) is 5.67. The molecular formula is C22H24N2O2S4. The Morgan fingerprint density at radius 3 is 1.47 bits per heavy atom. The van der Waals surface area contributed by atoms with Crippen molar-refractivity contribution in [1.82, 2.24) is 9.80 Å². The maximum absolute atomic E-state index is 6.11. The van der Waals surface area contributed by atoms with Crippen LogP contribution in [-0.2, 0) is 20.9 Å². The van der Waals surface area contributed by atoms with Gasteiger partial charge >= 0.3 is 0 Å². The van der Waals surface area contributed by atoms with E-state index in [2.05, 4.69) is 47.9 Å². The van der Waals surface area contributed by atoms with Crippen LogP contribution in [0.4, 0.5) is 0 Å². The van der Waals surface area contributed by atoms with Crippen LogP contribution < -0.4 is 0 Å². The summed E-state index contributed by atoms with van der Waals surface area (Å²) in [6, 6.07) is 20.4. The molecule has 4 nitrogen and oxygen atoms in total. The minimum Gasteiger partial charge on any atom is -0.350 e. The molecule has 2 atom stereocenters. The lowest BCUT2D eigenvalue weighted by molar-refractivity contribution is -0.0417. The molecule has 0 bridgehead atoms. The zero-order valence-electron chi connectivity index (χ0n) is 16.9. The normalized spacial score (nSPS) is 26.2. The number of benzene rings is 2. The molecule has 0 radical (unpaired) electrons. The van der Waals surface area contributed by atoms with Crippen LogP contribution in [0.2, 0.25) is 0 Å². The predicted molar refractivity (Wildman–Crippen MR) is 133 cm³/mol. The Morgan fingerprint density at radius 2 is 1.10 bits per heavy atom. The highest BCUT2D eigenvalue weighted by Gasteiger charge is 2.43. The maximum Gasteiger partial charge on any atom is 0.165 e. The molecule has 0 aromatic heterocycles. The molecular weight excluding hydrogens is 453 g/mol. The number of hydrogen-bond donors (Lipinski definition) is 0. The minimum atomic E-state index is -0.553. The van der Waals surface area contributed by atoms with Gasteiger partial charge in [-0.3, -0.25) is 0 Å². The minimum absolute atomic E-state index is 0.553. The number of hydrogen-bond acceptors (Lipinski definition) is 6. The lowest BCUT2D eigenvalue weighted by Crippen LogP contribution is -2.42. The summed E-state index contributed by atoms with van der Waals surface area (Å²) in [5.41, 5.74) is 1.09. The van der Waals surface area contributed by atoms with Gasteiger partial charge in [0.25, 0.3) is 0 Å². The molecule has 2 fully saturated rings. The van der Waals surface area contributed by atoms with Crippen LogP contribution in [0.3, 0.4) is 0 Å². The molecule has 2 aromatic rings. The second kappa shape index (κ2) is 9.14. The monoisotopic (exact) mass is 476 g/mol. The van der Waals surface area contributed by atoms with E-state index in [-0.39, 0.29) is 0 Å². The summed E-state index contributed by atoms with van der Waals surface area (Å²) >= 11 is 11.6. The van der Waals surface area contributed by atoms with Gasteiger partial charge in [-0.2, -0.15) is 0 Å². The first-order valence-corrected chi connectivity index (χ1v) is 12.8. The highest BCUT2D eigenvalue weighted by Crippen LogP contribution is 2.42. The van der Waals surface area contributed by atoms with E-state index in [0.717, 1.165) is 32.9 Å². The van der Waals surface area contributed by atoms with Crippen LogP contribution in [0, 0.1) is 0 Å². The molecule has 2 unspecified atom stereocenters. The highest BCUT2D eigenvalue weighted by molar-refractivity contribution is 8.89. The van der Waals surface area contributed by atoms with Gasteiger partial charge in [0.05, 0.1) is 13.2 Å². The van der Waals surface area contributed by atoms with Gasteiger partial charge in [0.15, 0.2) is 11.4 Å². The first-order chi connectivity index (χ1) is 14.4. The van der Waals surface area contributed by atoms with E-state index < -0.39 is 11.4 Å². The largest absolute Gasteiger partial charge is 0.350 e. The molecule has 4 rings (SSSR count). The van der Waals surface area contributed by atoms with Crippen LogP contribution in [-0.4, -0.2) is 44.7 Å². The zero-order valence-corrected chi connectivity index (χ0v) is 20.2. The van der Waals surface area contributed by atoms with E-state index in [9.17, 15) is 0 Å². The molecule has 2 aromatic carbocycles. The standard InChI is InChI=1S/C22H24N2O2S4/c1-21(17-9-5-3-6-10-17)23(13-15-25-21)19(27)29-30-20(28)24-14-16-26-22(24,2)18-11-7-4-8-12-18/h3-12H,13-16H2,1-2H3. The van der Waals surface area contributed by atoms with Gasteiger partial charge in [-0.05, 0) is 35.4 Å². The Kier molecular flexibility index (Phi) is 6.72. The van der Waals surface area contributed by atoms with Crippen LogP contribution in [0.1, 0.15) is 25.0 Å². The first kappa shape index (κ1) is 22.0. The van der Waals surface area contributed by atoms with Crippen LogP contribution in [0.15, 0.2) is 60.7 Å². The Labute approximate surface area is 196 Å². The number of thiocarbonyl (C=S) groups is 2. The van der Waals surface area contributed by atoms with E-state index >= 15 is 0 Å². The van der Waals surface area contributed by atoms with Crippen molar-refractivity contribution in [3.05, 3.63) is 71.8 Å². The van der Waals surface area contributed by atoms with Gasteiger partial charge in [-0.25, -0.2) is 0 Å². The summed E-state index contributed by atoms with van der Waals surface area (Å²) < 4.78 is 13.8. The van der Waals surface area contributed by atoms with Gasteiger partial charge in [-0.15, -0.1) is 0 Å². The Balaban J connectivity index is 1.43. The maximum atomic E-state index is 6.11. The molecule has 0 spiro atoms. The summed E-state index contributed by atoms with van der Waals surface area (Å²) in [5.74, 6) is 0. The van der Waals surface area contributed by atoms with Gasteiger partial charge in [-0.1, -0.05) is 85.1 Å². The number of nitrogens with zero attached hydrogens (tertiary/aromatic N) is 2. The smallest absolute Gasteiger partial charge is 0.165 e. The molecule has 0 N–H and O–H groups in total. The molecule has 2 heterocycles. The molecule has 8 heteroatoms. The van der Waals surface area contributed by atoms with Gasteiger partial charge < -0.3 is 19.3 Å². The van der Waals surface area contributed by atoms with E-state index in [4.69, 9.17) is 33.9 Å². The number of rotatable bonds is 2. The fourth-order valence-corrected chi connectivity index (χ4v) is 6.88. The van der Waals surface area contributed by atoms with Crippen LogP contribution >= 0.6 is 46.0 Å². The van der Waals surface area contributed by atoms with Gasteiger partial charge in [0.1, 0.15) is 8.64 Å². The predicted octanol–water partition coefficient (Wildman–Crippen LogP) is 5.35. The van der Waals surface area contributed by atoms with Crippen molar-refractivity contribution in [2.24, 2.45) is 0 Å². The molecule has 2 aliphatic heterocycles. The molecule has 158 valence electrons. The van der Waals surface area contributed by atoms with Gasteiger partial charge in [0, 0.05) is 24.2 Å². The second-order valence-electron chi connectivity index (χ2n) is 7.40. The summed E-state index contributed by atoms with van der Waals surface area (Å²) in [7, 11) is 3.03. The molecule has 0 aliphatic carbocycles. The fraction of sp³-hybridized carbons (Fsp3) is 0.364. The quantitative estimate of drug-likeness (QED) is 0.423. The molecule has 0 saturated carbocycles. The lowest BCUT2D eigenvalue weighted by Gasteiger charge is -2.37. The number of ether oxygens (including phenoxy) is 2. The van der Waals surface area contributed by atoms with Gasteiger partial charge in [0.2, 0.25) is 0 Å². The average molecular weight is 477 g/mol. The highest BCUT2D eigenvalue weighted by atomic mass is 33.1. The van der Waals surface area contributed by atoms with Crippen molar-refractivity contribution >= 4 is 54.7 Å².